The van der Waals surface area contributed by atoms with Crippen molar-refractivity contribution in [1.29, 1.82) is 0 Å². The summed E-state index contributed by atoms with van der Waals surface area (Å²) in [5.74, 6) is 0.608. The summed E-state index contributed by atoms with van der Waals surface area (Å²) in [6.07, 6.45) is 0. The van der Waals surface area contributed by atoms with Gasteiger partial charge in [-0.25, -0.2) is 8.42 Å². The lowest BCUT2D eigenvalue weighted by atomic mass is 10.7. The molecule has 0 spiro atoms. The molecule has 0 aliphatic heterocycles. The van der Waals surface area contributed by atoms with E-state index in [0.717, 1.165) is 0 Å². The van der Waals surface area contributed by atoms with Crippen molar-refractivity contribution in [3.05, 3.63) is 9.36 Å². The van der Waals surface area contributed by atoms with Crippen LogP contribution in [0.3, 0.4) is 0 Å². The summed E-state index contributed by atoms with van der Waals surface area (Å²) < 4.78 is 42.6. The fourth-order valence-corrected chi connectivity index (χ4v) is 2.05. The minimum atomic E-state index is -5.42. The predicted molar refractivity (Wildman–Crippen MR) is 52.9 cm³/mol. The van der Waals surface area contributed by atoms with E-state index >= 15 is 0 Å². The Labute approximate surface area is 100 Å². The van der Waals surface area contributed by atoms with Gasteiger partial charge < -0.3 is 9.29 Å². The van der Waals surface area contributed by atoms with E-state index in [4.69, 9.17) is 40.9 Å². The number of hydrogen-bond donors (Lipinski definition) is 0. The largest absolute Gasteiger partial charge is 0.722 e. The molecule has 15 heavy (non-hydrogen) atoms. The average Bonchev–Trinajstić information content (AvgIpc) is 2.23. The summed E-state index contributed by atoms with van der Waals surface area (Å²) >= 11 is 12.8. The summed E-state index contributed by atoms with van der Waals surface area (Å²) in [7, 11) is -2.02. The molecule has 0 aromatic carbocycles. The highest BCUT2D eigenvalue weighted by Crippen LogP contribution is 2.32. The smallest absolute Gasteiger partial charge is 0.402 e. The maximum atomic E-state index is 10.1. The molecular formula is C5H6Cl2FNO4S2. The minimum Gasteiger partial charge on any atom is -0.722 e. The van der Waals surface area contributed by atoms with Gasteiger partial charge in [-0.05, 0) is 0 Å². The van der Waals surface area contributed by atoms with Crippen LogP contribution in [0.25, 0.3) is 0 Å². The fraction of sp³-hybridized carbons (Fsp3) is 0.400. The van der Waals surface area contributed by atoms with E-state index < -0.39 is 10.5 Å². The van der Waals surface area contributed by atoms with E-state index in [1.807, 2.05) is 7.05 Å². The van der Waals surface area contributed by atoms with Crippen molar-refractivity contribution in [2.45, 2.75) is 0 Å². The first-order chi connectivity index (χ1) is 6.66. The molecule has 0 bridgehead atoms. The number of aromatic nitrogens is 1. The Morgan fingerprint density at radius 1 is 1.53 bits per heavy atom. The highest BCUT2D eigenvalue weighted by molar-refractivity contribution is 7.80. The Morgan fingerprint density at radius 2 is 1.93 bits per heavy atom. The molecule has 0 atom stereocenters. The maximum absolute atomic E-state index is 10.1. The molecule has 0 saturated heterocycles. The van der Waals surface area contributed by atoms with Crippen molar-refractivity contribution in [1.82, 2.24) is 0 Å². The maximum Gasteiger partial charge on any atom is 0.402 e. The van der Waals surface area contributed by atoms with E-state index in [1.165, 1.54) is 11.5 Å². The van der Waals surface area contributed by atoms with Gasteiger partial charge in [-0.3, -0.25) is 0 Å². The summed E-state index contributed by atoms with van der Waals surface area (Å²) in [5.41, 5.74) is 0. The Morgan fingerprint density at radius 3 is 2.07 bits per heavy atom. The molecule has 0 unspecified atom stereocenters. The minimum absolute atomic E-state index is 0.483. The standard InChI is InChI=1S/C5H6Cl2NOS.FHO3S/c1-8-5(9-2)3(6)4(7)10-8;1-5(2,3)4/h1-2H3;(H,2,3,4)/q+1;/p-1. The first kappa shape index (κ1) is 14.8. The van der Waals surface area contributed by atoms with Crippen LogP contribution < -0.4 is 8.69 Å². The second kappa shape index (κ2) is 5.80. The molecule has 1 aromatic heterocycles. The van der Waals surface area contributed by atoms with Crippen LogP contribution in [0.5, 0.6) is 5.88 Å². The molecule has 0 aliphatic rings. The van der Waals surface area contributed by atoms with Crippen LogP contribution in [0.2, 0.25) is 9.36 Å². The van der Waals surface area contributed by atoms with Crippen LogP contribution in [0.1, 0.15) is 0 Å². The van der Waals surface area contributed by atoms with Gasteiger partial charge in [-0.2, -0.15) is 0 Å². The van der Waals surface area contributed by atoms with Crippen LogP contribution in [0, 0.1) is 0 Å². The van der Waals surface area contributed by atoms with E-state index in [9.17, 15) is 3.89 Å². The number of ether oxygens (including phenoxy) is 1. The van der Waals surface area contributed by atoms with Crippen LogP contribution in [0.15, 0.2) is 0 Å². The van der Waals surface area contributed by atoms with Crippen molar-refractivity contribution in [2.75, 3.05) is 7.11 Å². The van der Waals surface area contributed by atoms with Crippen LogP contribution in [0.4, 0.5) is 3.89 Å². The first-order valence-corrected chi connectivity index (χ1v) is 6.04. The van der Waals surface area contributed by atoms with E-state index in [1.54, 1.807) is 11.1 Å². The van der Waals surface area contributed by atoms with Crippen LogP contribution in [-0.4, -0.2) is 20.1 Å². The SMILES string of the molecule is COc1c(Cl)c(Cl)s[n+]1C.O=S(=O)([O-])F. The van der Waals surface area contributed by atoms with Gasteiger partial charge in [0.1, 0.15) is 0 Å². The third-order valence-corrected chi connectivity index (χ3v) is 2.82. The lowest BCUT2D eigenvalue weighted by molar-refractivity contribution is -0.607. The van der Waals surface area contributed by atoms with Crippen LogP contribution >= 0.6 is 34.7 Å². The molecule has 1 rings (SSSR count). The Kier molecular flexibility index (Phi) is 5.75. The molecule has 0 aliphatic carbocycles. The molecule has 1 aromatic rings. The summed E-state index contributed by atoms with van der Waals surface area (Å²) in [6.45, 7) is 0. The van der Waals surface area contributed by atoms with Crippen molar-refractivity contribution >= 4 is 45.2 Å². The van der Waals surface area contributed by atoms with E-state index in [2.05, 4.69) is 0 Å². The molecule has 0 fully saturated rings. The summed E-state index contributed by atoms with van der Waals surface area (Å²) in [6, 6.07) is 0. The van der Waals surface area contributed by atoms with Gasteiger partial charge in [0.15, 0.2) is 27.9 Å². The zero-order valence-corrected chi connectivity index (χ0v) is 10.7. The van der Waals surface area contributed by atoms with E-state index in [0.29, 0.717) is 15.2 Å². The molecule has 10 heteroatoms. The average molecular weight is 298 g/mol. The van der Waals surface area contributed by atoms with Crippen molar-refractivity contribution in [3.63, 3.8) is 0 Å². The molecule has 0 N–H and O–H groups in total. The quantitative estimate of drug-likeness (QED) is 0.445. The fourth-order valence-electron chi connectivity index (χ4n) is 0.642. The molecule has 1 heterocycles. The third kappa shape index (κ3) is 6.10. The molecule has 0 amide bonds. The lowest BCUT2D eigenvalue weighted by Crippen LogP contribution is -2.23. The number of methoxy groups -OCH3 is 1. The highest BCUT2D eigenvalue weighted by Gasteiger charge is 2.21. The second-order valence-electron chi connectivity index (χ2n) is 2.08. The van der Waals surface area contributed by atoms with Gasteiger partial charge in [-0.15, -0.1) is 7.84 Å². The summed E-state index contributed by atoms with van der Waals surface area (Å²) in [4.78, 5) is 0. The predicted octanol–water partition coefficient (Wildman–Crippen LogP) is 1.30. The van der Waals surface area contributed by atoms with Gasteiger partial charge in [0.25, 0.3) is 10.5 Å². The third-order valence-electron chi connectivity index (χ3n) is 1.06. The number of aryl methyl sites for hydroxylation is 1. The highest BCUT2D eigenvalue weighted by atomic mass is 35.5. The number of rotatable bonds is 1. The second-order valence-corrected chi connectivity index (χ2v) is 4.98. The van der Waals surface area contributed by atoms with Crippen LogP contribution in [-0.2, 0) is 17.6 Å². The van der Waals surface area contributed by atoms with Gasteiger partial charge in [0.05, 0.1) is 7.11 Å². The zero-order chi connectivity index (χ0) is 12.2. The Balaban J connectivity index is 0.000000336. The topological polar surface area (TPSA) is 70.3 Å². The van der Waals surface area contributed by atoms with Crippen molar-refractivity contribution in [2.24, 2.45) is 7.05 Å². The Bertz CT molecular complexity index is 424. The van der Waals surface area contributed by atoms with Crippen molar-refractivity contribution < 1.29 is 25.5 Å². The monoisotopic (exact) mass is 297 g/mol. The number of nitrogens with zero attached hydrogens (tertiary/aromatic N) is 1. The number of hydrogen-bond acceptors (Lipinski definition) is 5. The molecule has 0 radical (unpaired) electrons. The van der Waals surface area contributed by atoms with Gasteiger partial charge in [0.2, 0.25) is 0 Å². The zero-order valence-electron chi connectivity index (χ0n) is 7.53. The molecular weight excluding hydrogens is 292 g/mol. The lowest BCUT2D eigenvalue weighted by Gasteiger charge is -1.87. The first-order valence-electron chi connectivity index (χ1n) is 3.20. The van der Waals surface area contributed by atoms with E-state index in [-0.39, 0.29) is 0 Å². The molecule has 5 nitrogen and oxygen atoms in total. The van der Waals surface area contributed by atoms with Crippen molar-refractivity contribution in [3.8, 4) is 5.88 Å². The Hall–Kier alpha value is -0.150. The van der Waals surface area contributed by atoms with Gasteiger partial charge in [0, 0.05) is 0 Å². The van der Waals surface area contributed by atoms with Gasteiger partial charge in [-0.1, -0.05) is 23.2 Å². The molecule has 88 valence electrons. The normalized spacial score (nSPS) is 10.5. The summed E-state index contributed by atoms with van der Waals surface area (Å²) in [5, 5.41) is 0.483. The molecule has 0 saturated carbocycles. The van der Waals surface area contributed by atoms with Gasteiger partial charge >= 0.3 is 5.88 Å². The number of halogens is 3.